The maximum Gasteiger partial charge on any atom is 0.329 e. The van der Waals surface area contributed by atoms with Crippen molar-refractivity contribution in [3.05, 3.63) is 26.6 Å². The summed E-state index contributed by atoms with van der Waals surface area (Å²) in [4.78, 5) is 30.8. The fourth-order valence-electron chi connectivity index (χ4n) is 2.33. The van der Waals surface area contributed by atoms with Gasteiger partial charge in [0.25, 0.3) is 5.56 Å². The van der Waals surface area contributed by atoms with E-state index < -0.39 is 11.5 Å². The molecule has 2 aromatic heterocycles. The molecule has 0 atom stereocenters. The molecule has 0 amide bonds. The van der Waals surface area contributed by atoms with Gasteiger partial charge in [0.2, 0.25) is 0 Å². The van der Waals surface area contributed by atoms with Gasteiger partial charge in [-0.25, -0.2) is 9.78 Å². The highest BCUT2D eigenvalue weighted by atomic mass is 32.1. The quantitative estimate of drug-likeness (QED) is 0.946. The van der Waals surface area contributed by atoms with Crippen LogP contribution in [-0.4, -0.2) is 20.6 Å². The smallest absolute Gasteiger partial charge is 0.329 e. The number of hydrogen-bond acceptors (Lipinski definition) is 4. The Balaban J connectivity index is 3.01. The summed E-state index contributed by atoms with van der Waals surface area (Å²) in [6, 6.07) is 0. The van der Waals surface area contributed by atoms with E-state index in [-0.39, 0.29) is 11.5 Å². The van der Waals surface area contributed by atoms with Gasteiger partial charge in [-0.2, -0.15) is 0 Å². The molecule has 0 spiro atoms. The monoisotopic (exact) mass is 308 g/mol. The molecule has 114 valence electrons. The minimum Gasteiger partial charge on any atom is -0.480 e. The van der Waals surface area contributed by atoms with E-state index in [0.717, 1.165) is 10.4 Å². The first-order chi connectivity index (χ1) is 9.59. The van der Waals surface area contributed by atoms with Crippen LogP contribution in [0.5, 0.6) is 0 Å². The number of thiophene rings is 1. The van der Waals surface area contributed by atoms with Crippen LogP contribution >= 0.6 is 11.3 Å². The van der Waals surface area contributed by atoms with E-state index in [0.29, 0.717) is 16.0 Å². The van der Waals surface area contributed by atoms with Gasteiger partial charge >= 0.3 is 5.97 Å². The molecular formula is C15H20N2O3S. The van der Waals surface area contributed by atoms with Crippen molar-refractivity contribution in [3.63, 3.8) is 0 Å². The van der Waals surface area contributed by atoms with Gasteiger partial charge in [0.1, 0.15) is 16.2 Å². The van der Waals surface area contributed by atoms with E-state index in [1.165, 1.54) is 29.8 Å². The molecule has 0 aliphatic heterocycles. The molecule has 2 heterocycles. The summed E-state index contributed by atoms with van der Waals surface area (Å²) in [5, 5.41) is 10.0. The predicted octanol–water partition coefficient (Wildman–Crippen LogP) is 3.02. The Bertz CT molecular complexity index is 784. The van der Waals surface area contributed by atoms with Crippen LogP contribution in [0, 0.1) is 13.8 Å². The third kappa shape index (κ3) is 2.27. The third-order valence-electron chi connectivity index (χ3n) is 3.83. The number of nitrogens with zero attached hydrogens (tertiary/aromatic N) is 2. The number of aliphatic carboxylic acids is 1. The van der Waals surface area contributed by atoms with Gasteiger partial charge in [0.15, 0.2) is 0 Å². The third-order valence-corrected chi connectivity index (χ3v) is 4.93. The molecule has 0 fully saturated rings. The van der Waals surface area contributed by atoms with Crippen LogP contribution in [0.2, 0.25) is 0 Å². The Labute approximate surface area is 127 Å². The molecule has 2 rings (SSSR count). The summed E-state index contributed by atoms with van der Waals surface area (Å²) >= 11 is 1.48. The van der Waals surface area contributed by atoms with E-state index in [9.17, 15) is 14.7 Å². The van der Waals surface area contributed by atoms with Gasteiger partial charge in [0.05, 0.1) is 5.39 Å². The topological polar surface area (TPSA) is 72.2 Å². The number of fused-ring (bicyclic) bond motifs is 1. The van der Waals surface area contributed by atoms with Crippen LogP contribution < -0.4 is 5.56 Å². The normalized spacial score (nSPS) is 12.3. The molecule has 0 radical (unpaired) electrons. The Morgan fingerprint density at radius 3 is 2.38 bits per heavy atom. The number of carboxylic acids is 1. The molecule has 6 heteroatoms. The molecule has 1 N–H and O–H groups in total. The second-order valence-electron chi connectivity index (χ2n) is 6.09. The summed E-state index contributed by atoms with van der Waals surface area (Å²) in [5.41, 5.74) is -0.712. The number of aryl methyl sites for hydroxylation is 2. The molecule has 2 aromatic rings. The minimum absolute atomic E-state index is 0.0385. The van der Waals surface area contributed by atoms with Crippen LogP contribution in [0.4, 0.5) is 0 Å². The number of aromatic nitrogens is 2. The molecule has 0 aliphatic carbocycles. The van der Waals surface area contributed by atoms with E-state index in [4.69, 9.17) is 0 Å². The zero-order valence-corrected chi connectivity index (χ0v) is 14.0. The van der Waals surface area contributed by atoms with Crippen molar-refractivity contribution >= 4 is 27.5 Å². The first kappa shape index (κ1) is 15.7. The van der Waals surface area contributed by atoms with E-state index >= 15 is 0 Å². The Hall–Kier alpha value is -1.69. The summed E-state index contributed by atoms with van der Waals surface area (Å²) in [6.45, 7) is 10.7. The van der Waals surface area contributed by atoms with Crippen molar-refractivity contribution in [1.29, 1.82) is 0 Å². The minimum atomic E-state index is -1.33. The number of carboxylic acid groups (broad SMARTS) is 1. The molecule has 0 bridgehead atoms. The van der Waals surface area contributed by atoms with Gasteiger partial charge in [-0.15, -0.1) is 11.3 Å². The molecule has 0 saturated carbocycles. The molecule has 0 aromatic carbocycles. The Kier molecular flexibility index (Phi) is 3.70. The summed E-state index contributed by atoms with van der Waals surface area (Å²) in [5.74, 6) is -0.568. The van der Waals surface area contributed by atoms with Crippen molar-refractivity contribution in [2.24, 2.45) is 0 Å². The van der Waals surface area contributed by atoms with Crippen molar-refractivity contribution in [2.75, 3.05) is 0 Å². The first-order valence-corrected chi connectivity index (χ1v) is 7.67. The maximum atomic E-state index is 12.9. The summed E-state index contributed by atoms with van der Waals surface area (Å²) in [7, 11) is 0. The van der Waals surface area contributed by atoms with Gasteiger partial charge in [-0.05, 0) is 33.3 Å². The van der Waals surface area contributed by atoms with Gasteiger partial charge in [-0.3, -0.25) is 9.36 Å². The summed E-state index contributed by atoms with van der Waals surface area (Å²) < 4.78 is 1.33. The van der Waals surface area contributed by atoms with Crippen LogP contribution in [0.1, 0.15) is 49.9 Å². The van der Waals surface area contributed by atoms with Crippen molar-refractivity contribution < 1.29 is 9.90 Å². The largest absolute Gasteiger partial charge is 0.480 e. The van der Waals surface area contributed by atoms with Crippen LogP contribution in [-0.2, 0) is 10.3 Å². The van der Waals surface area contributed by atoms with E-state index in [1.807, 2.05) is 27.7 Å². The number of carbonyl (C=O) groups is 1. The zero-order valence-electron chi connectivity index (χ0n) is 13.1. The van der Waals surface area contributed by atoms with Gasteiger partial charge in [0, 0.05) is 10.8 Å². The second kappa shape index (κ2) is 4.94. The SMILES string of the molecule is Cc1sc2nc(C(C)C)n(C(C)(C)C(=O)O)c(=O)c2c1C. The van der Waals surface area contributed by atoms with Crippen LogP contribution in [0.25, 0.3) is 10.2 Å². The lowest BCUT2D eigenvalue weighted by atomic mass is 10.0. The van der Waals surface area contributed by atoms with Crippen molar-refractivity contribution in [1.82, 2.24) is 9.55 Å². The van der Waals surface area contributed by atoms with Crippen molar-refractivity contribution in [3.8, 4) is 0 Å². The van der Waals surface area contributed by atoms with Crippen LogP contribution in [0.15, 0.2) is 4.79 Å². The van der Waals surface area contributed by atoms with E-state index in [2.05, 4.69) is 4.98 Å². The highest BCUT2D eigenvalue weighted by molar-refractivity contribution is 7.18. The number of hydrogen-bond donors (Lipinski definition) is 1. The molecule has 0 unspecified atom stereocenters. The standard InChI is InChI=1S/C15H20N2O3S/c1-7(2)11-16-12-10(8(3)9(4)21-12)13(18)17(11)15(5,6)14(19)20/h7H,1-6H3,(H,19,20). The Morgan fingerprint density at radius 1 is 1.33 bits per heavy atom. The van der Waals surface area contributed by atoms with Crippen molar-refractivity contribution in [2.45, 2.75) is 53.0 Å². The molecule has 0 saturated heterocycles. The average molecular weight is 308 g/mol. The lowest BCUT2D eigenvalue weighted by Crippen LogP contribution is -2.45. The lowest BCUT2D eigenvalue weighted by molar-refractivity contribution is -0.146. The fourth-order valence-corrected chi connectivity index (χ4v) is 3.36. The zero-order chi connectivity index (χ0) is 16.1. The molecule has 0 aliphatic rings. The maximum absolute atomic E-state index is 12.9. The van der Waals surface area contributed by atoms with Gasteiger partial charge in [-0.1, -0.05) is 13.8 Å². The average Bonchev–Trinajstić information content (AvgIpc) is 2.64. The predicted molar refractivity (Wildman–Crippen MR) is 84.4 cm³/mol. The highest BCUT2D eigenvalue weighted by Crippen LogP contribution is 2.29. The number of rotatable bonds is 3. The molecule has 21 heavy (non-hydrogen) atoms. The fraction of sp³-hybridized carbons (Fsp3) is 0.533. The summed E-state index contributed by atoms with van der Waals surface area (Å²) in [6.07, 6.45) is 0. The van der Waals surface area contributed by atoms with Crippen LogP contribution in [0.3, 0.4) is 0 Å². The lowest BCUT2D eigenvalue weighted by Gasteiger charge is -2.26. The molecular weight excluding hydrogens is 288 g/mol. The first-order valence-electron chi connectivity index (χ1n) is 6.85. The van der Waals surface area contributed by atoms with E-state index in [1.54, 1.807) is 0 Å². The second-order valence-corrected chi connectivity index (χ2v) is 7.30. The van der Waals surface area contributed by atoms with Gasteiger partial charge < -0.3 is 5.11 Å². The Morgan fingerprint density at radius 2 is 1.90 bits per heavy atom. The highest BCUT2D eigenvalue weighted by Gasteiger charge is 2.34. The molecule has 5 nitrogen and oxygen atoms in total.